The van der Waals surface area contributed by atoms with Crippen LogP contribution >= 0.6 is 0 Å². The van der Waals surface area contributed by atoms with Crippen LogP contribution in [0.4, 0.5) is 0 Å². The Morgan fingerprint density at radius 1 is 1.14 bits per heavy atom. The van der Waals surface area contributed by atoms with Gasteiger partial charge in [-0.15, -0.1) is 0 Å². The second-order valence-electron chi connectivity index (χ2n) is 7.15. The highest BCUT2D eigenvalue weighted by Gasteiger charge is 2.26. The zero-order valence-corrected chi connectivity index (χ0v) is 15.6. The third-order valence-electron chi connectivity index (χ3n) is 5.25. The van der Waals surface area contributed by atoms with Gasteiger partial charge in [-0.25, -0.2) is 4.63 Å². The summed E-state index contributed by atoms with van der Waals surface area (Å²) in [6.07, 6.45) is 0.818. The van der Waals surface area contributed by atoms with Crippen molar-refractivity contribution in [2.75, 3.05) is 6.54 Å². The zero-order chi connectivity index (χ0) is 18.9. The first-order valence-electron chi connectivity index (χ1n) is 9.48. The van der Waals surface area contributed by atoms with E-state index in [2.05, 4.69) is 31.5 Å². The standard InChI is InChI=1S/C21H21N5O2/c1-14(27-16-7-3-2-4-8-16)20-17-13-26(11-10-18(17)22-23-20)12-15-6-5-9-19-21(15)25-28-24-19/h2-9,14H,10-13H2,1H3,(H,22,23)/t14-/m0/s1. The molecule has 142 valence electrons. The Hall–Kier alpha value is -3.19. The number of H-pyrrole nitrogens is 1. The van der Waals surface area contributed by atoms with Gasteiger partial charge in [-0.2, -0.15) is 5.10 Å². The molecular formula is C21H21N5O2. The maximum atomic E-state index is 6.09. The minimum absolute atomic E-state index is 0.120. The Labute approximate surface area is 162 Å². The molecule has 28 heavy (non-hydrogen) atoms. The zero-order valence-electron chi connectivity index (χ0n) is 15.6. The third kappa shape index (κ3) is 3.14. The largest absolute Gasteiger partial charge is 0.484 e. The Morgan fingerprint density at radius 2 is 2.04 bits per heavy atom. The van der Waals surface area contributed by atoms with Crippen molar-refractivity contribution in [3.8, 4) is 5.75 Å². The molecule has 0 aliphatic carbocycles. The second kappa shape index (κ2) is 7.09. The number of ether oxygens (including phenoxy) is 1. The number of hydrogen-bond acceptors (Lipinski definition) is 6. The van der Waals surface area contributed by atoms with Gasteiger partial charge in [0.05, 0.1) is 0 Å². The molecule has 5 rings (SSSR count). The van der Waals surface area contributed by atoms with Crippen LogP contribution in [0, 0.1) is 0 Å². The Balaban J connectivity index is 1.35. The molecule has 0 spiro atoms. The predicted octanol–water partition coefficient (Wildman–Crippen LogP) is 3.64. The molecule has 0 amide bonds. The number of para-hydroxylation sites is 1. The number of hydrogen-bond donors (Lipinski definition) is 1. The minimum atomic E-state index is -0.120. The molecule has 0 radical (unpaired) electrons. The van der Waals surface area contributed by atoms with E-state index in [0.717, 1.165) is 54.1 Å². The van der Waals surface area contributed by atoms with Gasteiger partial charge in [-0.1, -0.05) is 30.3 Å². The number of aromatic amines is 1. The van der Waals surface area contributed by atoms with E-state index < -0.39 is 0 Å². The number of benzene rings is 2. The maximum absolute atomic E-state index is 6.09. The average Bonchev–Trinajstić information content (AvgIpc) is 3.36. The number of aromatic nitrogens is 4. The molecule has 1 N–H and O–H groups in total. The quantitative estimate of drug-likeness (QED) is 0.574. The van der Waals surface area contributed by atoms with Crippen molar-refractivity contribution < 1.29 is 9.37 Å². The summed E-state index contributed by atoms with van der Waals surface area (Å²) in [5.74, 6) is 0.852. The lowest BCUT2D eigenvalue weighted by molar-refractivity contribution is 0.211. The van der Waals surface area contributed by atoms with Gasteiger partial charge < -0.3 is 4.74 Å². The van der Waals surface area contributed by atoms with Crippen LogP contribution in [-0.4, -0.2) is 32.0 Å². The Morgan fingerprint density at radius 3 is 2.93 bits per heavy atom. The van der Waals surface area contributed by atoms with Crippen molar-refractivity contribution in [2.24, 2.45) is 0 Å². The normalized spacial score (nSPS) is 15.5. The van der Waals surface area contributed by atoms with Crippen molar-refractivity contribution in [1.82, 2.24) is 25.4 Å². The van der Waals surface area contributed by atoms with Gasteiger partial charge in [0.15, 0.2) is 0 Å². The fourth-order valence-electron chi connectivity index (χ4n) is 3.83. The summed E-state index contributed by atoms with van der Waals surface area (Å²) in [5.41, 5.74) is 6.17. The third-order valence-corrected chi connectivity index (χ3v) is 5.25. The van der Waals surface area contributed by atoms with Crippen LogP contribution < -0.4 is 4.74 Å². The second-order valence-corrected chi connectivity index (χ2v) is 7.15. The monoisotopic (exact) mass is 375 g/mol. The number of nitrogens with one attached hydrogen (secondary N) is 1. The van der Waals surface area contributed by atoms with E-state index in [0.29, 0.717) is 0 Å². The van der Waals surface area contributed by atoms with Crippen molar-refractivity contribution in [2.45, 2.75) is 32.5 Å². The smallest absolute Gasteiger partial charge is 0.140 e. The minimum Gasteiger partial charge on any atom is -0.484 e. The van der Waals surface area contributed by atoms with Crippen LogP contribution in [0.25, 0.3) is 11.0 Å². The van der Waals surface area contributed by atoms with Crippen molar-refractivity contribution in [1.29, 1.82) is 0 Å². The average molecular weight is 375 g/mol. The van der Waals surface area contributed by atoms with Gasteiger partial charge in [-0.05, 0) is 41.0 Å². The lowest BCUT2D eigenvalue weighted by Gasteiger charge is -2.27. The molecule has 2 aromatic carbocycles. The summed E-state index contributed by atoms with van der Waals surface area (Å²) in [7, 11) is 0. The lowest BCUT2D eigenvalue weighted by atomic mass is 10.0. The van der Waals surface area contributed by atoms with Gasteiger partial charge >= 0.3 is 0 Å². The molecule has 4 aromatic rings. The highest BCUT2D eigenvalue weighted by atomic mass is 16.6. The molecule has 0 fully saturated rings. The number of fused-ring (bicyclic) bond motifs is 2. The molecule has 1 aliphatic heterocycles. The van der Waals surface area contributed by atoms with Crippen LogP contribution in [0.2, 0.25) is 0 Å². The van der Waals surface area contributed by atoms with E-state index in [-0.39, 0.29) is 6.10 Å². The molecule has 0 saturated carbocycles. The number of nitrogens with zero attached hydrogens (tertiary/aromatic N) is 4. The molecule has 0 saturated heterocycles. The van der Waals surface area contributed by atoms with E-state index in [9.17, 15) is 0 Å². The summed E-state index contributed by atoms with van der Waals surface area (Å²) < 4.78 is 11.0. The SMILES string of the molecule is C[C@H](Oc1ccccc1)c1n[nH]c2c1CN(Cc1cccc3nonc13)CC2. The molecule has 2 aromatic heterocycles. The predicted molar refractivity (Wildman–Crippen MR) is 104 cm³/mol. The fraction of sp³-hybridized carbons (Fsp3) is 0.286. The van der Waals surface area contributed by atoms with Gasteiger partial charge in [-0.3, -0.25) is 10.00 Å². The van der Waals surface area contributed by atoms with Crippen LogP contribution in [0.1, 0.15) is 35.5 Å². The summed E-state index contributed by atoms with van der Waals surface area (Å²) in [6, 6.07) is 15.9. The molecule has 1 atom stereocenters. The van der Waals surface area contributed by atoms with Gasteiger partial charge in [0.1, 0.15) is 28.6 Å². The first kappa shape index (κ1) is 16.9. The molecule has 7 heteroatoms. The summed E-state index contributed by atoms with van der Waals surface area (Å²) in [6.45, 7) is 4.63. The fourth-order valence-corrected chi connectivity index (χ4v) is 3.83. The summed E-state index contributed by atoms with van der Waals surface area (Å²) in [5, 5.41) is 15.8. The molecule has 7 nitrogen and oxygen atoms in total. The van der Waals surface area contributed by atoms with E-state index in [1.807, 2.05) is 49.4 Å². The molecular weight excluding hydrogens is 354 g/mol. The van der Waals surface area contributed by atoms with Crippen LogP contribution in [-0.2, 0) is 19.5 Å². The molecule has 0 unspecified atom stereocenters. The van der Waals surface area contributed by atoms with Gasteiger partial charge in [0.2, 0.25) is 0 Å². The Bertz CT molecular complexity index is 1090. The van der Waals surface area contributed by atoms with E-state index in [4.69, 9.17) is 9.37 Å². The Kier molecular flexibility index (Phi) is 4.29. The number of rotatable bonds is 5. The van der Waals surface area contributed by atoms with Gasteiger partial charge in [0.25, 0.3) is 0 Å². The highest BCUT2D eigenvalue weighted by Crippen LogP contribution is 2.29. The van der Waals surface area contributed by atoms with Crippen LogP contribution in [0.3, 0.4) is 0 Å². The molecule has 0 bridgehead atoms. The first-order chi connectivity index (χ1) is 13.8. The highest BCUT2D eigenvalue weighted by molar-refractivity contribution is 5.76. The van der Waals surface area contributed by atoms with Crippen molar-refractivity contribution in [3.63, 3.8) is 0 Å². The molecule has 1 aliphatic rings. The van der Waals surface area contributed by atoms with E-state index in [1.54, 1.807) is 0 Å². The van der Waals surface area contributed by atoms with E-state index >= 15 is 0 Å². The first-order valence-corrected chi connectivity index (χ1v) is 9.48. The summed E-state index contributed by atoms with van der Waals surface area (Å²) >= 11 is 0. The summed E-state index contributed by atoms with van der Waals surface area (Å²) in [4.78, 5) is 2.40. The van der Waals surface area contributed by atoms with Crippen LogP contribution in [0.5, 0.6) is 5.75 Å². The van der Waals surface area contributed by atoms with Crippen molar-refractivity contribution >= 4 is 11.0 Å². The van der Waals surface area contributed by atoms with Crippen molar-refractivity contribution in [3.05, 3.63) is 71.0 Å². The maximum Gasteiger partial charge on any atom is 0.140 e. The van der Waals surface area contributed by atoms with E-state index in [1.165, 1.54) is 11.3 Å². The lowest BCUT2D eigenvalue weighted by Crippen LogP contribution is -2.30. The van der Waals surface area contributed by atoms with Crippen LogP contribution in [0.15, 0.2) is 53.2 Å². The molecule has 3 heterocycles. The van der Waals surface area contributed by atoms with Gasteiger partial charge in [0, 0.05) is 37.3 Å². The topological polar surface area (TPSA) is 80.1 Å².